The third-order valence-electron chi connectivity index (χ3n) is 3.82. The largest absolute Gasteiger partial charge is 0.450 e. The number of nitrogens with zero attached hydrogens (tertiary/aromatic N) is 4. The summed E-state index contributed by atoms with van der Waals surface area (Å²) in [6.07, 6.45) is 4.28. The zero-order valence-corrected chi connectivity index (χ0v) is 12.9. The standard InChI is InChI=1S/C15H19N5O3/c1-2-23-15(22)18-9-10-19(12-5-3-4-6-16-12)13(11-18)20-8-7-17-14(20)21/h3-8,13H,2,9-11H2,1H3,(H,17,21). The van der Waals surface area contributed by atoms with Crippen LogP contribution in [0.1, 0.15) is 13.1 Å². The number of amides is 1. The molecule has 0 radical (unpaired) electrons. The Kier molecular flexibility index (Phi) is 4.31. The quantitative estimate of drug-likeness (QED) is 0.915. The summed E-state index contributed by atoms with van der Waals surface area (Å²) >= 11 is 0. The molecule has 3 heterocycles. The first kappa shape index (κ1) is 15.1. The maximum atomic E-state index is 12.0. The Morgan fingerprint density at radius 3 is 2.96 bits per heavy atom. The molecule has 1 fully saturated rings. The number of anilines is 1. The van der Waals surface area contributed by atoms with Gasteiger partial charge in [0.15, 0.2) is 0 Å². The molecule has 2 aromatic heterocycles. The van der Waals surface area contributed by atoms with E-state index in [-0.39, 0.29) is 17.9 Å². The van der Waals surface area contributed by atoms with Gasteiger partial charge in [0.1, 0.15) is 12.0 Å². The lowest BCUT2D eigenvalue weighted by Crippen LogP contribution is -2.54. The fraction of sp³-hybridized carbons (Fsp3) is 0.400. The predicted molar refractivity (Wildman–Crippen MR) is 84.3 cm³/mol. The highest BCUT2D eigenvalue weighted by Crippen LogP contribution is 2.24. The van der Waals surface area contributed by atoms with E-state index in [0.29, 0.717) is 26.2 Å². The first-order chi connectivity index (χ1) is 11.2. The van der Waals surface area contributed by atoms with Gasteiger partial charge in [-0.15, -0.1) is 0 Å². The molecular weight excluding hydrogens is 298 g/mol. The van der Waals surface area contributed by atoms with Crippen LogP contribution in [-0.4, -0.2) is 51.8 Å². The zero-order chi connectivity index (χ0) is 16.2. The third-order valence-corrected chi connectivity index (χ3v) is 3.82. The minimum Gasteiger partial charge on any atom is -0.450 e. The van der Waals surface area contributed by atoms with Gasteiger partial charge in [-0.25, -0.2) is 14.6 Å². The summed E-state index contributed by atoms with van der Waals surface area (Å²) < 4.78 is 6.65. The van der Waals surface area contributed by atoms with Crippen LogP contribution in [0.15, 0.2) is 41.6 Å². The van der Waals surface area contributed by atoms with Crippen LogP contribution in [0, 0.1) is 0 Å². The molecule has 1 unspecified atom stereocenters. The number of ether oxygens (including phenoxy) is 1. The maximum Gasteiger partial charge on any atom is 0.409 e. The highest BCUT2D eigenvalue weighted by atomic mass is 16.6. The molecule has 3 rings (SSSR count). The van der Waals surface area contributed by atoms with E-state index >= 15 is 0 Å². The summed E-state index contributed by atoms with van der Waals surface area (Å²) in [6.45, 7) is 3.54. The van der Waals surface area contributed by atoms with Crippen molar-refractivity contribution in [2.24, 2.45) is 0 Å². The highest BCUT2D eigenvalue weighted by molar-refractivity contribution is 5.68. The summed E-state index contributed by atoms with van der Waals surface area (Å²) in [5.41, 5.74) is -0.221. The Hall–Kier alpha value is -2.77. The van der Waals surface area contributed by atoms with E-state index in [1.807, 2.05) is 23.1 Å². The Balaban J connectivity index is 1.90. The Bertz CT molecular complexity index is 711. The van der Waals surface area contributed by atoms with Crippen LogP contribution in [0.5, 0.6) is 0 Å². The van der Waals surface area contributed by atoms with Gasteiger partial charge in [0.05, 0.1) is 13.2 Å². The molecule has 1 saturated heterocycles. The second kappa shape index (κ2) is 6.55. The Morgan fingerprint density at radius 2 is 2.30 bits per heavy atom. The molecule has 122 valence electrons. The number of carbonyl (C=O) groups excluding carboxylic acids is 1. The molecule has 0 saturated carbocycles. The number of carbonyl (C=O) groups is 1. The van der Waals surface area contributed by atoms with Gasteiger partial charge in [-0.2, -0.15) is 0 Å². The topological polar surface area (TPSA) is 83.5 Å². The SMILES string of the molecule is CCOC(=O)N1CCN(c2ccccn2)C(n2cc[nH]c2=O)C1. The smallest absolute Gasteiger partial charge is 0.409 e. The summed E-state index contributed by atoms with van der Waals surface area (Å²) in [5.74, 6) is 0.772. The average molecular weight is 317 g/mol. The molecule has 8 nitrogen and oxygen atoms in total. The zero-order valence-electron chi connectivity index (χ0n) is 12.9. The van der Waals surface area contributed by atoms with Crippen molar-refractivity contribution in [3.63, 3.8) is 0 Å². The number of imidazole rings is 1. The average Bonchev–Trinajstić information content (AvgIpc) is 3.01. The van der Waals surface area contributed by atoms with Crippen LogP contribution in [0.2, 0.25) is 0 Å². The van der Waals surface area contributed by atoms with Gasteiger partial charge in [-0.05, 0) is 19.1 Å². The van der Waals surface area contributed by atoms with E-state index in [0.717, 1.165) is 5.82 Å². The first-order valence-corrected chi connectivity index (χ1v) is 7.55. The van der Waals surface area contributed by atoms with Crippen LogP contribution in [0.25, 0.3) is 0 Å². The van der Waals surface area contributed by atoms with Crippen LogP contribution >= 0.6 is 0 Å². The minimum absolute atomic E-state index is 0.221. The number of pyridine rings is 1. The molecule has 0 spiro atoms. The van der Waals surface area contributed by atoms with Crippen LogP contribution in [0.4, 0.5) is 10.6 Å². The third kappa shape index (κ3) is 3.05. The van der Waals surface area contributed by atoms with E-state index in [2.05, 4.69) is 9.97 Å². The van der Waals surface area contributed by atoms with E-state index in [4.69, 9.17) is 4.74 Å². The van der Waals surface area contributed by atoms with Crippen molar-refractivity contribution < 1.29 is 9.53 Å². The van der Waals surface area contributed by atoms with Crippen molar-refractivity contribution in [2.45, 2.75) is 13.1 Å². The van der Waals surface area contributed by atoms with E-state index in [1.54, 1.807) is 35.0 Å². The second-order valence-electron chi connectivity index (χ2n) is 5.18. The van der Waals surface area contributed by atoms with Gasteiger partial charge in [0.25, 0.3) is 0 Å². The number of nitrogens with one attached hydrogen (secondary N) is 1. The summed E-state index contributed by atoms with van der Waals surface area (Å²) in [5, 5.41) is 0. The molecule has 0 aromatic carbocycles. The van der Waals surface area contributed by atoms with Crippen molar-refractivity contribution in [2.75, 3.05) is 31.1 Å². The number of hydrogen-bond acceptors (Lipinski definition) is 5. The lowest BCUT2D eigenvalue weighted by molar-refractivity contribution is 0.0931. The predicted octanol–water partition coefficient (Wildman–Crippen LogP) is 1.05. The van der Waals surface area contributed by atoms with E-state index < -0.39 is 0 Å². The van der Waals surface area contributed by atoms with E-state index in [1.165, 1.54) is 0 Å². The molecule has 1 N–H and O–H groups in total. The van der Waals surface area contributed by atoms with Crippen molar-refractivity contribution in [3.05, 3.63) is 47.3 Å². The Labute approximate surface area is 133 Å². The Morgan fingerprint density at radius 1 is 1.43 bits per heavy atom. The normalized spacial score (nSPS) is 18.0. The first-order valence-electron chi connectivity index (χ1n) is 7.55. The molecule has 1 amide bonds. The molecule has 0 bridgehead atoms. The lowest BCUT2D eigenvalue weighted by Gasteiger charge is -2.41. The van der Waals surface area contributed by atoms with Crippen LogP contribution in [-0.2, 0) is 4.74 Å². The number of hydrogen-bond donors (Lipinski definition) is 1. The summed E-state index contributed by atoms with van der Waals surface area (Å²) in [4.78, 5) is 34.7. The number of rotatable bonds is 3. The van der Waals surface area contributed by atoms with Crippen molar-refractivity contribution >= 4 is 11.9 Å². The fourth-order valence-electron chi connectivity index (χ4n) is 2.74. The van der Waals surface area contributed by atoms with Gasteiger partial charge >= 0.3 is 11.8 Å². The van der Waals surface area contributed by atoms with Gasteiger partial charge in [0, 0.05) is 31.7 Å². The number of piperazine rings is 1. The van der Waals surface area contributed by atoms with E-state index in [9.17, 15) is 9.59 Å². The second-order valence-corrected chi connectivity index (χ2v) is 5.18. The summed E-state index contributed by atoms with van der Waals surface area (Å²) in [6, 6.07) is 5.64. The minimum atomic E-state index is -0.359. The molecule has 1 atom stereocenters. The van der Waals surface area contributed by atoms with Crippen molar-refractivity contribution in [1.82, 2.24) is 19.4 Å². The number of H-pyrrole nitrogens is 1. The molecule has 1 aliphatic rings. The molecule has 1 aliphatic heterocycles. The molecule has 8 heteroatoms. The van der Waals surface area contributed by atoms with Crippen LogP contribution in [0.3, 0.4) is 0 Å². The molecule has 23 heavy (non-hydrogen) atoms. The van der Waals surface area contributed by atoms with Crippen molar-refractivity contribution in [3.8, 4) is 0 Å². The van der Waals surface area contributed by atoms with Crippen LogP contribution < -0.4 is 10.6 Å². The molecule has 2 aromatic rings. The van der Waals surface area contributed by atoms with Gasteiger partial charge in [-0.3, -0.25) is 4.57 Å². The lowest BCUT2D eigenvalue weighted by atomic mass is 10.2. The monoisotopic (exact) mass is 317 g/mol. The number of aromatic amines is 1. The van der Waals surface area contributed by atoms with Crippen molar-refractivity contribution in [1.29, 1.82) is 0 Å². The maximum absolute atomic E-state index is 12.0. The van der Waals surface area contributed by atoms with Gasteiger partial charge in [-0.1, -0.05) is 6.07 Å². The van der Waals surface area contributed by atoms with Gasteiger partial charge < -0.3 is 19.5 Å². The molecular formula is C15H19N5O3. The summed E-state index contributed by atoms with van der Waals surface area (Å²) in [7, 11) is 0. The number of aromatic nitrogens is 3. The highest BCUT2D eigenvalue weighted by Gasteiger charge is 2.32. The van der Waals surface area contributed by atoms with Gasteiger partial charge in [0.2, 0.25) is 0 Å². The fourth-order valence-corrected chi connectivity index (χ4v) is 2.74. The molecule has 0 aliphatic carbocycles.